The summed E-state index contributed by atoms with van der Waals surface area (Å²) >= 11 is 0. The van der Waals surface area contributed by atoms with Crippen molar-refractivity contribution in [3.63, 3.8) is 0 Å². The molecule has 0 radical (unpaired) electrons. The van der Waals surface area contributed by atoms with Crippen LogP contribution in [0.3, 0.4) is 0 Å². The number of rotatable bonds is 6. The van der Waals surface area contributed by atoms with Gasteiger partial charge < -0.3 is 29.8 Å². The van der Waals surface area contributed by atoms with Crippen LogP contribution in [0.1, 0.15) is 11.6 Å². The van der Waals surface area contributed by atoms with Gasteiger partial charge in [0.05, 0.1) is 45.9 Å². The first kappa shape index (κ1) is 18.7. The van der Waals surface area contributed by atoms with Crippen molar-refractivity contribution in [1.29, 1.82) is 0 Å². The Morgan fingerprint density at radius 1 is 0.926 bits per heavy atom. The summed E-state index contributed by atoms with van der Waals surface area (Å²) < 4.78 is 21.2. The topological polar surface area (TPSA) is 103 Å². The van der Waals surface area contributed by atoms with Gasteiger partial charge in [0.1, 0.15) is 5.75 Å². The second-order valence-electron chi connectivity index (χ2n) is 5.98. The predicted molar refractivity (Wildman–Crippen MR) is 99.7 cm³/mol. The van der Waals surface area contributed by atoms with E-state index in [2.05, 4.69) is 0 Å². The molecule has 2 atom stereocenters. The summed E-state index contributed by atoms with van der Waals surface area (Å²) in [7, 11) is 6.02. The standard InChI is InChI=1S/C19H22N2O6/c1-24-13-6-5-10(7-12(13)20)16-17(22)19(23)21(16)11-8-14(25-2)18(27-4)15(9-11)26-3/h5-9,16-17,22H,20H2,1-4H3/t16-,17-/m1/s1. The molecule has 1 heterocycles. The Morgan fingerprint density at radius 3 is 2.00 bits per heavy atom. The van der Waals surface area contributed by atoms with Crippen LogP contribution in [0.2, 0.25) is 0 Å². The molecular weight excluding hydrogens is 352 g/mol. The first-order chi connectivity index (χ1) is 13.0. The number of aliphatic hydroxyl groups excluding tert-OH is 1. The Hall–Kier alpha value is -3.13. The normalized spacial score (nSPS) is 18.7. The Bertz CT molecular complexity index is 844. The van der Waals surface area contributed by atoms with Gasteiger partial charge in [-0.25, -0.2) is 0 Å². The van der Waals surface area contributed by atoms with Crippen molar-refractivity contribution in [2.24, 2.45) is 0 Å². The second-order valence-corrected chi connectivity index (χ2v) is 5.98. The van der Waals surface area contributed by atoms with Crippen molar-refractivity contribution in [3.05, 3.63) is 35.9 Å². The molecule has 0 saturated carbocycles. The molecule has 2 aromatic carbocycles. The number of anilines is 2. The van der Waals surface area contributed by atoms with Crippen molar-refractivity contribution in [1.82, 2.24) is 0 Å². The van der Waals surface area contributed by atoms with Crippen molar-refractivity contribution in [2.45, 2.75) is 12.1 Å². The molecule has 8 heteroatoms. The number of nitrogens with zero attached hydrogens (tertiary/aromatic N) is 1. The molecule has 2 aromatic rings. The van der Waals surface area contributed by atoms with Crippen LogP contribution in [-0.2, 0) is 4.79 Å². The van der Waals surface area contributed by atoms with E-state index in [-0.39, 0.29) is 0 Å². The molecule has 1 aliphatic heterocycles. The lowest BCUT2D eigenvalue weighted by Gasteiger charge is -2.45. The number of carbonyl (C=O) groups excluding carboxylic acids is 1. The summed E-state index contributed by atoms with van der Waals surface area (Å²) in [4.78, 5) is 13.9. The van der Waals surface area contributed by atoms with Crippen LogP contribution in [-0.4, -0.2) is 45.6 Å². The highest BCUT2D eigenvalue weighted by atomic mass is 16.5. The fraction of sp³-hybridized carbons (Fsp3) is 0.316. The van der Waals surface area contributed by atoms with E-state index in [0.717, 1.165) is 0 Å². The number of ether oxygens (including phenoxy) is 4. The molecule has 0 bridgehead atoms. The lowest BCUT2D eigenvalue weighted by atomic mass is 9.89. The minimum Gasteiger partial charge on any atom is -0.495 e. The monoisotopic (exact) mass is 374 g/mol. The van der Waals surface area contributed by atoms with E-state index in [9.17, 15) is 9.90 Å². The largest absolute Gasteiger partial charge is 0.495 e. The maximum absolute atomic E-state index is 12.4. The molecule has 144 valence electrons. The number of benzene rings is 2. The minimum absolute atomic E-state index is 0.411. The lowest BCUT2D eigenvalue weighted by molar-refractivity contribution is -0.137. The van der Waals surface area contributed by atoms with Gasteiger partial charge in [-0.2, -0.15) is 0 Å². The van der Waals surface area contributed by atoms with E-state index in [1.165, 1.54) is 33.3 Å². The highest BCUT2D eigenvalue weighted by molar-refractivity contribution is 6.05. The van der Waals surface area contributed by atoms with Crippen LogP contribution in [0.4, 0.5) is 11.4 Å². The van der Waals surface area contributed by atoms with E-state index in [1.54, 1.807) is 30.3 Å². The Labute approximate surface area is 157 Å². The molecule has 1 aliphatic rings. The highest BCUT2D eigenvalue weighted by Gasteiger charge is 2.48. The van der Waals surface area contributed by atoms with Crippen LogP contribution in [0.15, 0.2) is 30.3 Å². The highest BCUT2D eigenvalue weighted by Crippen LogP contribution is 2.46. The third-order valence-corrected chi connectivity index (χ3v) is 4.59. The van der Waals surface area contributed by atoms with Crippen LogP contribution in [0, 0.1) is 0 Å². The number of methoxy groups -OCH3 is 4. The number of hydrogen-bond acceptors (Lipinski definition) is 7. The fourth-order valence-corrected chi connectivity index (χ4v) is 3.24. The summed E-state index contributed by atoms with van der Waals surface area (Å²) in [5.74, 6) is 1.34. The molecule has 1 fully saturated rings. The van der Waals surface area contributed by atoms with Crippen LogP contribution in [0.25, 0.3) is 0 Å². The Balaban J connectivity index is 2.05. The van der Waals surface area contributed by atoms with Gasteiger partial charge in [0.2, 0.25) is 5.75 Å². The number of carbonyl (C=O) groups is 1. The van der Waals surface area contributed by atoms with E-state index in [1.807, 2.05) is 0 Å². The molecular formula is C19H22N2O6. The minimum atomic E-state index is -1.17. The number of hydrogen-bond donors (Lipinski definition) is 2. The van der Waals surface area contributed by atoms with Gasteiger partial charge >= 0.3 is 0 Å². The lowest BCUT2D eigenvalue weighted by Crippen LogP contribution is -2.59. The Kier molecular flexibility index (Phi) is 5.00. The second kappa shape index (κ2) is 7.24. The molecule has 0 unspecified atom stereocenters. The van der Waals surface area contributed by atoms with Crippen LogP contribution in [0.5, 0.6) is 23.0 Å². The Morgan fingerprint density at radius 2 is 1.52 bits per heavy atom. The van der Waals surface area contributed by atoms with Crippen molar-refractivity contribution in [3.8, 4) is 23.0 Å². The van der Waals surface area contributed by atoms with E-state index >= 15 is 0 Å². The summed E-state index contributed by atoms with van der Waals surface area (Å²) in [6.45, 7) is 0. The van der Waals surface area contributed by atoms with Gasteiger partial charge in [-0.15, -0.1) is 0 Å². The first-order valence-corrected chi connectivity index (χ1v) is 8.21. The molecule has 0 aliphatic carbocycles. The smallest absolute Gasteiger partial charge is 0.259 e. The summed E-state index contributed by atoms with van der Waals surface area (Å²) in [5.41, 5.74) is 7.60. The van der Waals surface area contributed by atoms with Gasteiger partial charge in [-0.1, -0.05) is 6.07 Å². The molecule has 8 nitrogen and oxygen atoms in total. The third kappa shape index (κ3) is 2.97. The maximum atomic E-state index is 12.4. The van der Waals surface area contributed by atoms with Crippen LogP contribution >= 0.6 is 0 Å². The summed E-state index contributed by atoms with van der Waals surface area (Å²) in [6.07, 6.45) is -1.17. The van der Waals surface area contributed by atoms with Gasteiger partial charge in [-0.3, -0.25) is 9.69 Å². The van der Waals surface area contributed by atoms with E-state index in [4.69, 9.17) is 24.7 Å². The third-order valence-electron chi connectivity index (χ3n) is 4.59. The number of nitrogen functional groups attached to an aromatic ring is 1. The number of aliphatic hydroxyl groups is 1. The average Bonchev–Trinajstić information content (AvgIpc) is 2.69. The molecule has 0 aromatic heterocycles. The molecule has 1 saturated heterocycles. The van der Waals surface area contributed by atoms with Crippen molar-refractivity contribution >= 4 is 17.3 Å². The molecule has 0 spiro atoms. The zero-order chi connectivity index (χ0) is 19.7. The van der Waals surface area contributed by atoms with Crippen molar-refractivity contribution in [2.75, 3.05) is 39.1 Å². The molecule has 3 rings (SSSR count). The SMILES string of the molecule is COc1ccc([C@@H]2[C@@H](O)C(=O)N2c2cc(OC)c(OC)c(OC)c2)cc1N. The zero-order valence-electron chi connectivity index (χ0n) is 15.6. The van der Waals surface area contributed by atoms with Gasteiger partial charge in [-0.05, 0) is 17.7 Å². The molecule has 1 amide bonds. The van der Waals surface area contributed by atoms with Gasteiger partial charge in [0, 0.05) is 12.1 Å². The molecule has 3 N–H and O–H groups in total. The van der Waals surface area contributed by atoms with E-state index in [0.29, 0.717) is 39.9 Å². The summed E-state index contributed by atoms with van der Waals surface area (Å²) in [6, 6.07) is 7.88. The average molecular weight is 374 g/mol. The maximum Gasteiger partial charge on any atom is 0.259 e. The quantitative estimate of drug-likeness (QED) is 0.586. The zero-order valence-corrected chi connectivity index (χ0v) is 15.6. The number of nitrogens with two attached hydrogens (primary N) is 1. The van der Waals surface area contributed by atoms with E-state index < -0.39 is 18.1 Å². The van der Waals surface area contributed by atoms with Gasteiger partial charge in [0.15, 0.2) is 17.6 Å². The van der Waals surface area contributed by atoms with Crippen LogP contribution < -0.4 is 29.6 Å². The summed E-state index contributed by atoms with van der Waals surface area (Å²) in [5, 5.41) is 10.3. The van der Waals surface area contributed by atoms with Crippen molar-refractivity contribution < 1.29 is 28.8 Å². The fourth-order valence-electron chi connectivity index (χ4n) is 3.24. The predicted octanol–water partition coefficient (Wildman–Crippen LogP) is 1.75. The van der Waals surface area contributed by atoms with Gasteiger partial charge in [0.25, 0.3) is 5.91 Å². The number of β-lactam (4-membered cyclic amide) rings is 1. The number of amides is 1. The first-order valence-electron chi connectivity index (χ1n) is 8.21. The molecule has 27 heavy (non-hydrogen) atoms.